The highest BCUT2D eigenvalue weighted by Gasteiger charge is 2.26. The van der Waals surface area contributed by atoms with E-state index >= 15 is 0 Å². The number of fused-ring (bicyclic) bond motifs is 1. The van der Waals surface area contributed by atoms with E-state index in [1.165, 1.54) is 25.8 Å². The third kappa shape index (κ3) is 2.67. The van der Waals surface area contributed by atoms with Crippen LogP contribution >= 0.6 is 0 Å². The third-order valence-corrected chi connectivity index (χ3v) is 4.46. The van der Waals surface area contributed by atoms with Gasteiger partial charge in [0.25, 0.3) is 0 Å². The lowest BCUT2D eigenvalue weighted by Crippen LogP contribution is -2.40. The summed E-state index contributed by atoms with van der Waals surface area (Å²) >= 11 is 0. The molecule has 106 valence electrons. The van der Waals surface area contributed by atoms with Crippen LogP contribution in [0.25, 0.3) is 0 Å². The zero-order valence-corrected chi connectivity index (χ0v) is 11.8. The summed E-state index contributed by atoms with van der Waals surface area (Å²) in [5.41, 5.74) is 0. The lowest BCUT2D eigenvalue weighted by Gasteiger charge is -2.34. The molecule has 19 heavy (non-hydrogen) atoms. The molecule has 2 aliphatic rings. The Morgan fingerprint density at radius 3 is 2.89 bits per heavy atom. The molecule has 2 unspecified atom stereocenters. The molecule has 1 fully saturated rings. The van der Waals surface area contributed by atoms with Crippen molar-refractivity contribution in [1.82, 2.24) is 19.7 Å². The van der Waals surface area contributed by atoms with Gasteiger partial charge in [0.05, 0.1) is 0 Å². The smallest absolute Gasteiger partial charge is 0.156 e. The van der Waals surface area contributed by atoms with Crippen molar-refractivity contribution in [3.63, 3.8) is 0 Å². The first kappa shape index (κ1) is 13.1. The molecule has 2 atom stereocenters. The lowest BCUT2D eigenvalue weighted by atomic mass is 9.99. The monoisotopic (exact) mass is 264 g/mol. The van der Waals surface area contributed by atoms with Gasteiger partial charge in [-0.05, 0) is 38.8 Å². The first-order valence-electron chi connectivity index (χ1n) is 7.63. The van der Waals surface area contributed by atoms with Crippen LogP contribution in [-0.4, -0.2) is 43.9 Å². The number of rotatable bonds is 3. The number of piperidine rings is 1. The number of aryl methyl sites for hydroxylation is 1. The van der Waals surface area contributed by atoms with E-state index in [1.807, 2.05) is 4.68 Å². The van der Waals surface area contributed by atoms with E-state index in [9.17, 15) is 5.11 Å². The van der Waals surface area contributed by atoms with E-state index in [1.54, 1.807) is 0 Å². The van der Waals surface area contributed by atoms with Crippen molar-refractivity contribution in [1.29, 1.82) is 0 Å². The number of hydrogen-bond donors (Lipinski definition) is 1. The Labute approximate surface area is 114 Å². The van der Waals surface area contributed by atoms with Crippen molar-refractivity contribution in [2.45, 2.75) is 64.1 Å². The van der Waals surface area contributed by atoms with Crippen LogP contribution in [0.4, 0.5) is 0 Å². The number of likely N-dealkylation sites (tertiary alicyclic amines) is 1. The number of hydrogen-bond acceptors (Lipinski definition) is 4. The van der Waals surface area contributed by atoms with Gasteiger partial charge in [-0.25, -0.2) is 9.67 Å². The fourth-order valence-corrected chi connectivity index (χ4v) is 3.38. The zero-order valence-electron chi connectivity index (χ0n) is 11.8. The van der Waals surface area contributed by atoms with Crippen molar-refractivity contribution in [3.8, 4) is 0 Å². The molecule has 1 aromatic heterocycles. The Morgan fingerprint density at radius 2 is 2.11 bits per heavy atom. The van der Waals surface area contributed by atoms with Gasteiger partial charge in [-0.3, -0.25) is 0 Å². The summed E-state index contributed by atoms with van der Waals surface area (Å²) in [5.74, 6) is 1.70. The molecule has 0 amide bonds. The SMILES string of the molecule is CCN1CCCCC1Cc1nc2n(n1)CCCC2O. The fourth-order valence-electron chi connectivity index (χ4n) is 3.38. The number of likely N-dealkylation sites (N-methyl/N-ethyl adjacent to an activating group) is 1. The molecule has 0 aliphatic carbocycles. The summed E-state index contributed by atoms with van der Waals surface area (Å²) in [4.78, 5) is 7.11. The summed E-state index contributed by atoms with van der Waals surface area (Å²) in [5, 5.41) is 14.5. The standard InChI is InChI=1S/C14H24N4O/c1-2-17-8-4-3-6-11(17)10-13-15-14-12(19)7-5-9-18(14)16-13/h11-12,19H,2-10H2,1H3. The number of aliphatic hydroxyl groups excluding tert-OH is 1. The van der Waals surface area contributed by atoms with Crippen LogP contribution in [0.3, 0.4) is 0 Å². The van der Waals surface area contributed by atoms with Gasteiger partial charge >= 0.3 is 0 Å². The Morgan fingerprint density at radius 1 is 1.21 bits per heavy atom. The summed E-state index contributed by atoms with van der Waals surface area (Å²) in [7, 11) is 0. The quantitative estimate of drug-likeness (QED) is 0.899. The molecule has 3 rings (SSSR count). The van der Waals surface area contributed by atoms with Gasteiger partial charge in [0.15, 0.2) is 11.6 Å². The highest BCUT2D eigenvalue weighted by Crippen LogP contribution is 2.24. The first-order valence-corrected chi connectivity index (χ1v) is 7.63. The number of aromatic nitrogens is 3. The van der Waals surface area contributed by atoms with Gasteiger partial charge in [0.1, 0.15) is 6.10 Å². The minimum absolute atomic E-state index is 0.413. The second-order valence-corrected chi connectivity index (χ2v) is 5.75. The van der Waals surface area contributed by atoms with E-state index in [2.05, 4.69) is 21.9 Å². The fraction of sp³-hybridized carbons (Fsp3) is 0.857. The van der Waals surface area contributed by atoms with Gasteiger partial charge in [-0.2, -0.15) is 5.10 Å². The van der Waals surface area contributed by atoms with Crippen LogP contribution in [0.5, 0.6) is 0 Å². The molecule has 0 spiro atoms. The summed E-state index contributed by atoms with van der Waals surface area (Å²) in [6, 6.07) is 0.584. The van der Waals surface area contributed by atoms with Crippen LogP contribution in [0.2, 0.25) is 0 Å². The van der Waals surface area contributed by atoms with Gasteiger partial charge in [0.2, 0.25) is 0 Å². The minimum atomic E-state index is -0.413. The molecule has 0 radical (unpaired) electrons. The second kappa shape index (κ2) is 5.59. The van der Waals surface area contributed by atoms with E-state index in [4.69, 9.17) is 0 Å². The van der Waals surface area contributed by atoms with Crippen molar-refractivity contribution < 1.29 is 5.11 Å². The molecule has 3 heterocycles. The predicted molar refractivity (Wildman–Crippen MR) is 72.8 cm³/mol. The number of nitrogens with zero attached hydrogens (tertiary/aromatic N) is 4. The van der Waals surface area contributed by atoms with E-state index in [-0.39, 0.29) is 0 Å². The average Bonchev–Trinajstić information content (AvgIpc) is 2.83. The Balaban J connectivity index is 1.72. The van der Waals surface area contributed by atoms with Crippen LogP contribution in [-0.2, 0) is 13.0 Å². The maximum Gasteiger partial charge on any atom is 0.156 e. The van der Waals surface area contributed by atoms with Gasteiger partial charge in [-0.15, -0.1) is 0 Å². The maximum absolute atomic E-state index is 9.94. The molecular formula is C14H24N4O. The third-order valence-electron chi connectivity index (χ3n) is 4.46. The normalized spacial score (nSPS) is 28.3. The second-order valence-electron chi connectivity index (χ2n) is 5.75. The van der Waals surface area contributed by atoms with E-state index in [0.717, 1.165) is 44.0 Å². The molecule has 0 bridgehead atoms. The first-order chi connectivity index (χ1) is 9.28. The maximum atomic E-state index is 9.94. The van der Waals surface area contributed by atoms with Crippen LogP contribution in [0.1, 0.15) is 56.8 Å². The van der Waals surface area contributed by atoms with Crippen LogP contribution in [0, 0.1) is 0 Å². The molecule has 0 saturated carbocycles. The van der Waals surface area contributed by atoms with E-state index < -0.39 is 6.10 Å². The van der Waals surface area contributed by atoms with Gasteiger partial charge in [-0.1, -0.05) is 13.3 Å². The molecule has 5 nitrogen and oxygen atoms in total. The summed E-state index contributed by atoms with van der Waals surface area (Å²) < 4.78 is 1.91. The molecule has 1 saturated heterocycles. The Kier molecular flexibility index (Phi) is 3.84. The molecular weight excluding hydrogens is 240 g/mol. The van der Waals surface area contributed by atoms with Gasteiger partial charge < -0.3 is 10.0 Å². The molecule has 2 aliphatic heterocycles. The van der Waals surface area contributed by atoms with Crippen LogP contribution in [0.15, 0.2) is 0 Å². The lowest BCUT2D eigenvalue weighted by molar-refractivity contribution is 0.130. The largest absolute Gasteiger partial charge is 0.385 e. The zero-order chi connectivity index (χ0) is 13.2. The topological polar surface area (TPSA) is 54.2 Å². The molecule has 5 heteroatoms. The number of aliphatic hydroxyl groups is 1. The highest BCUT2D eigenvalue weighted by atomic mass is 16.3. The Bertz CT molecular complexity index is 431. The average molecular weight is 264 g/mol. The minimum Gasteiger partial charge on any atom is -0.385 e. The Hall–Kier alpha value is -0.940. The van der Waals surface area contributed by atoms with Gasteiger partial charge in [0, 0.05) is 19.0 Å². The van der Waals surface area contributed by atoms with E-state index in [0.29, 0.717) is 6.04 Å². The van der Waals surface area contributed by atoms with Crippen molar-refractivity contribution >= 4 is 0 Å². The van der Waals surface area contributed by atoms with Crippen molar-refractivity contribution in [2.75, 3.05) is 13.1 Å². The molecule has 0 aromatic carbocycles. The molecule has 1 N–H and O–H groups in total. The summed E-state index contributed by atoms with van der Waals surface area (Å²) in [6.07, 6.45) is 6.22. The predicted octanol–water partition coefficient (Wildman–Crippen LogP) is 1.52. The van der Waals surface area contributed by atoms with Crippen molar-refractivity contribution in [2.24, 2.45) is 0 Å². The van der Waals surface area contributed by atoms with Crippen LogP contribution < -0.4 is 0 Å². The highest BCUT2D eigenvalue weighted by molar-refractivity contribution is 5.01. The molecule has 1 aromatic rings. The summed E-state index contributed by atoms with van der Waals surface area (Å²) in [6.45, 7) is 5.45. The van der Waals surface area contributed by atoms with Crippen molar-refractivity contribution in [3.05, 3.63) is 11.6 Å².